The summed E-state index contributed by atoms with van der Waals surface area (Å²) in [5.41, 5.74) is 1.59. The molecule has 204 valence electrons. The first-order valence-electron chi connectivity index (χ1n) is 11.2. The molecule has 0 saturated carbocycles. The van der Waals surface area contributed by atoms with E-state index in [4.69, 9.17) is 23.2 Å². The van der Waals surface area contributed by atoms with E-state index in [0.29, 0.717) is 33.1 Å². The molecule has 0 spiro atoms. The van der Waals surface area contributed by atoms with Crippen molar-refractivity contribution < 1.29 is 16.8 Å². The zero-order valence-electron chi connectivity index (χ0n) is 21.1. The summed E-state index contributed by atoms with van der Waals surface area (Å²) in [4.78, 5) is 16.9. The molecular formula is C23H25Cl2IN6O4S2. The summed E-state index contributed by atoms with van der Waals surface area (Å²) >= 11 is 13.8. The van der Waals surface area contributed by atoms with Crippen LogP contribution in [-0.4, -0.2) is 57.4 Å². The molecule has 0 atom stereocenters. The molecule has 4 heterocycles. The Morgan fingerprint density at radius 2 is 1.16 bits per heavy atom. The lowest BCUT2D eigenvalue weighted by Gasteiger charge is -2.09. The topological polar surface area (TPSA) is 130 Å². The summed E-state index contributed by atoms with van der Waals surface area (Å²) in [6.45, 7) is 5.06. The number of hydrogen-bond donors (Lipinski definition) is 0. The van der Waals surface area contributed by atoms with Gasteiger partial charge >= 0.3 is 0 Å². The molecule has 0 aliphatic rings. The number of hydrogen-bond acceptors (Lipinski definition) is 8. The Morgan fingerprint density at radius 1 is 0.737 bits per heavy atom. The molecule has 4 aromatic heterocycles. The SMILES string of the molecule is CCS(=O)(=O)c1cc(Cl)cnc1-c1ncc(C)n1C.CCS(=O)(=O)c1cc(Cl)cnc1-c1ncc(I)n1C. The Bertz CT molecular complexity index is 1580. The highest BCUT2D eigenvalue weighted by atomic mass is 127. The average molecular weight is 711 g/mol. The van der Waals surface area contributed by atoms with Crippen LogP contribution in [0.4, 0.5) is 0 Å². The fourth-order valence-corrected chi connectivity index (χ4v) is 6.21. The number of rotatable bonds is 6. The summed E-state index contributed by atoms with van der Waals surface area (Å²) in [7, 11) is -3.19. The highest BCUT2D eigenvalue weighted by Gasteiger charge is 2.23. The molecule has 0 fully saturated rings. The van der Waals surface area contributed by atoms with Crippen LogP contribution in [0.2, 0.25) is 10.0 Å². The van der Waals surface area contributed by atoms with Gasteiger partial charge in [0.25, 0.3) is 0 Å². The number of aryl methyl sites for hydroxylation is 1. The van der Waals surface area contributed by atoms with Crippen molar-refractivity contribution in [3.05, 3.63) is 56.4 Å². The van der Waals surface area contributed by atoms with Crippen LogP contribution in [-0.2, 0) is 33.8 Å². The lowest BCUT2D eigenvalue weighted by Crippen LogP contribution is -2.09. The summed E-state index contributed by atoms with van der Waals surface area (Å²) in [6.07, 6.45) is 6.19. The van der Waals surface area contributed by atoms with E-state index in [2.05, 4.69) is 42.5 Å². The van der Waals surface area contributed by atoms with E-state index >= 15 is 0 Å². The van der Waals surface area contributed by atoms with Crippen LogP contribution in [0.15, 0.2) is 46.7 Å². The van der Waals surface area contributed by atoms with Gasteiger partial charge in [0.2, 0.25) is 0 Å². The molecule has 0 bridgehead atoms. The van der Waals surface area contributed by atoms with E-state index in [1.807, 2.05) is 21.0 Å². The zero-order chi connectivity index (χ0) is 28.4. The molecule has 0 amide bonds. The Kier molecular flexibility index (Phi) is 9.61. The van der Waals surface area contributed by atoms with Gasteiger partial charge in [-0.2, -0.15) is 0 Å². The molecule has 0 unspecified atom stereocenters. The van der Waals surface area contributed by atoms with Gasteiger partial charge in [-0.25, -0.2) is 26.8 Å². The van der Waals surface area contributed by atoms with Gasteiger partial charge in [0.1, 0.15) is 11.4 Å². The normalized spacial score (nSPS) is 11.8. The molecule has 0 aromatic carbocycles. The molecule has 38 heavy (non-hydrogen) atoms. The fourth-order valence-electron chi connectivity index (χ4n) is 3.29. The van der Waals surface area contributed by atoms with Crippen LogP contribution >= 0.6 is 45.8 Å². The number of pyridine rings is 2. The lowest BCUT2D eigenvalue weighted by atomic mass is 10.3. The highest BCUT2D eigenvalue weighted by molar-refractivity contribution is 14.1. The van der Waals surface area contributed by atoms with E-state index in [9.17, 15) is 16.8 Å². The van der Waals surface area contributed by atoms with Gasteiger partial charge in [-0.15, -0.1) is 0 Å². The van der Waals surface area contributed by atoms with Gasteiger partial charge in [0.05, 0.1) is 41.2 Å². The lowest BCUT2D eigenvalue weighted by molar-refractivity contribution is 0.595. The molecule has 0 aliphatic carbocycles. The summed E-state index contributed by atoms with van der Waals surface area (Å²) in [5.74, 6) is 1.00. The third-order valence-corrected chi connectivity index (χ3v) is 10.5. The van der Waals surface area contributed by atoms with Crippen LogP contribution in [0.1, 0.15) is 19.5 Å². The zero-order valence-corrected chi connectivity index (χ0v) is 26.4. The highest BCUT2D eigenvalue weighted by Crippen LogP contribution is 2.29. The maximum absolute atomic E-state index is 12.1. The summed E-state index contributed by atoms with van der Waals surface area (Å²) < 4.78 is 53.0. The van der Waals surface area contributed by atoms with Crippen LogP contribution in [0.25, 0.3) is 23.0 Å². The van der Waals surface area contributed by atoms with Crippen molar-refractivity contribution in [2.45, 2.75) is 30.6 Å². The number of sulfone groups is 2. The predicted octanol–water partition coefficient (Wildman–Crippen LogP) is 4.77. The number of aromatic nitrogens is 6. The maximum atomic E-state index is 12.1. The third kappa shape index (κ3) is 6.38. The molecule has 0 saturated heterocycles. The average Bonchev–Trinajstić information content (AvgIpc) is 3.39. The van der Waals surface area contributed by atoms with Crippen LogP contribution in [0.3, 0.4) is 0 Å². The van der Waals surface area contributed by atoms with Crippen molar-refractivity contribution in [2.24, 2.45) is 14.1 Å². The van der Waals surface area contributed by atoms with Crippen LogP contribution < -0.4 is 0 Å². The van der Waals surface area contributed by atoms with E-state index in [-0.39, 0.29) is 21.3 Å². The number of nitrogens with zero attached hydrogens (tertiary/aromatic N) is 6. The standard InChI is InChI=1S/C12H14ClN3O2S.C11H11ClIN3O2S/c1-4-19(17,18)10-5-9(13)7-14-11(10)12-15-6-8(2)16(12)3;1-3-19(17,18)8-4-7(12)5-14-10(8)11-15-6-9(13)16(11)2/h5-7H,4H2,1-3H3;4-6H,3H2,1-2H3. The van der Waals surface area contributed by atoms with Gasteiger partial charge in [-0.05, 0) is 41.6 Å². The van der Waals surface area contributed by atoms with Crippen LogP contribution in [0.5, 0.6) is 0 Å². The molecule has 4 aromatic rings. The van der Waals surface area contributed by atoms with E-state index in [1.54, 1.807) is 35.4 Å². The van der Waals surface area contributed by atoms with Crippen molar-refractivity contribution in [3.63, 3.8) is 0 Å². The van der Waals surface area contributed by atoms with Crippen molar-refractivity contribution in [3.8, 4) is 23.0 Å². The number of imidazole rings is 2. The van der Waals surface area contributed by atoms with E-state index < -0.39 is 19.7 Å². The Labute approximate surface area is 245 Å². The van der Waals surface area contributed by atoms with Gasteiger partial charge < -0.3 is 9.13 Å². The predicted molar refractivity (Wildman–Crippen MR) is 156 cm³/mol. The molecular weight excluding hydrogens is 686 g/mol. The third-order valence-electron chi connectivity index (χ3n) is 5.64. The van der Waals surface area contributed by atoms with Crippen LogP contribution in [0, 0.1) is 10.6 Å². The smallest absolute Gasteiger partial charge is 0.180 e. The maximum Gasteiger partial charge on any atom is 0.180 e. The van der Waals surface area contributed by atoms with Crippen molar-refractivity contribution in [1.82, 2.24) is 29.1 Å². The van der Waals surface area contributed by atoms with Crippen molar-refractivity contribution in [1.29, 1.82) is 0 Å². The Morgan fingerprint density at radius 3 is 1.50 bits per heavy atom. The second-order valence-electron chi connectivity index (χ2n) is 8.05. The van der Waals surface area contributed by atoms with Crippen molar-refractivity contribution >= 4 is 65.5 Å². The largest absolute Gasteiger partial charge is 0.330 e. The van der Waals surface area contributed by atoms with E-state index in [1.165, 1.54) is 24.5 Å². The van der Waals surface area contributed by atoms with E-state index in [0.717, 1.165) is 9.39 Å². The van der Waals surface area contributed by atoms with Gasteiger partial charge in [-0.3, -0.25) is 9.97 Å². The molecule has 15 heteroatoms. The first-order valence-corrected chi connectivity index (χ1v) is 16.3. The van der Waals surface area contributed by atoms with Gasteiger partial charge in [0, 0.05) is 38.4 Å². The minimum atomic E-state index is -3.41. The Balaban J connectivity index is 0.000000211. The van der Waals surface area contributed by atoms with Crippen molar-refractivity contribution in [2.75, 3.05) is 11.5 Å². The second kappa shape index (κ2) is 12.0. The first-order chi connectivity index (χ1) is 17.7. The minimum Gasteiger partial charge on any atom is -0.330 e. The molecule has 0 radical (unpaired) electrons. The molecule has 0 N–H and O–H groups in total. The van der Waals surface area contributed by atoms with Gasteiger partial charge in [-0.1, -0.05) is 37.0 Å². The molecule has 4 rings (SSSR count). The Hall–Kier alpha value is -2.07. The first kappa shape index (κ1) is 30.5. The van der Waals surface area contributed by atoms with Gasteiger partial charge in [0.15, 0.2) is 31.3 Å². The second-order valence-corrected chi connectivity index (χ2v) is 14.5. The fraction of sp³-hybridized carbons (Fsp3) is 0.304. The molecule has 0 aliphatic heterocycles. The minimum absolute atomic E-state index is 0.00850. The number of halogens is 3. The summed E-state index contributed by atoms with van der Waals surface area (Å²) in [5, 5.41) is 0.585. The summed E-state index contributed by atoms with van der Waals surface area (Å²) in [6, 6.07) is 2.84. The monoisotopic (exact) mass is 710 g/mol. The molecule has 10 nitrogen and oxygen atoms in total. The quantitative estimate of drug-likeness (QED) is 0.262.